The molecule has 0 radical (unpaired) electrons. The first kappa shape index (κ1) is 16.1. The number of para-hydroxylation sites is 1. The molecule has 0 aliphatic heterocycles. The van der Waals surface area contributed by atoms with Crippen LogP contribution in [0.15, 0.2) is 75.5 Å². The zero-order valence-corrected chi connectivity index (χ0v) is 14.6. The van der Waals surface area contributed by atoms with E-state index in [1.165, 1.54) is 11.8 Å². The minimum atomic E-state index is 0.367. The zero-order valence-electron chi connectivity index (χ0n) is 13.8. The highest BCUT2D eigenvalue weighted by atomic mass is 32.2. The molecule has 0 atom stereocenters. The molecule has 0 bridgehead atoms. The normalized spacial score (nSPS) is 10.6. The minimum Gasteiger partial charge on any atom is -0.469 e. The maximum Gasteiger partial charge on any atom is 0.202 e. The van der Waals surface area contributed by atoms with Gasteiger partial charge >= 0.3 is 0 Å². The van der Waals surface area contributed by atoms with Crippen LogP contribution in [0.4, 0.5) is 0 Å². The second-order valence-corrected chi connectivity index (χ2v) is 6.43. The number of hydrogen-bond acceptors (Lipinski definition) is 6. The Labute approximate surface area is 154 Å². The first-order valence-electron chi connectivity index (χ1n) is 7.86. The summed E-state index contributed by atoms with van der Waals surface area (Å²) in [4.78, 5) is 4.31. The minimum absolute atomic E-state index is 0.367. The molecule has 3 heterocycles. The van der Waals surface area contributed by atoms with Crippen molar-refractivity contribution in [2.24, 2.45) is 0 Å². The van der Waals surface area contributed by atoms with Crippen molar-refractivity contribution in [1.29, 1.82) is 5.26 Å². The van der Waals surface area contributed by atoms with Crippen molar-refractivity contribution in [2.75, 3.05) is 0 Å². The summed E-state index contributed by atoms with van der Waals surface area (Å²) in [6.45, 7) is 1.89. The Kier molecular flexibility index (Phi) is 4.25. The van der Waals surface area contributed by atoms with Gasteiger partial charge < -0.3 is 4.42 Å². The number of furan rings is 1. The monoisotopic (exact) mass is 359 g/mol. The molecule has 0 saturated heterocycles. The summed E-state index contributed by atoms with van der Waals surface area (Å²) in [5, 5.41) is 19.1. The summed E-state index contributed by atoms with van der Waals surface area (Å²) in [6, 6.07) is 19.1. The lowest BCUT2D eigenvalue weighted by Crippen LogP contribution is -1.99. The number of rotatable bonds is 4. The summed E-state index contributed by atoms with van der Waals surface area (Å²) in [5.41, 5.74) is 2.19. The number of nitrogens with zero attached hydrogens (tertiary/aromatic N) is 5. The SMILES string of the molecule is Cc1occc1-c1nnc(Sc2cccc(C#N)n2)n1-c1ccccc1. The molecule has 0 amide bonds. The highest BCUT2D eigenvalue weighted by Crippen LogP contribution is 2.32. The summed E-state index contributed by atoms with van der Waals surface area (Å²) >= 11 is 1.36. The van der Waals surface area contributed by atoms with Crippen LogP contribution in [0.25, 0.3) is 17.1 Å². The number of hydrogen-bond donors (Lipinski definition) is 0. The molecule has 26 heavy (non-hydrogen) atoms. The van der Waals surface area contributed by atoms with Gasteiger partial charge in [0.05, 0.1) is 11.8 Å². The van der Waals surface area contributed by atoms with Crippen LogP contribution in [0.5, 0.6) is 0 Å². The van der Waals surface area contributed by atoms with Crippen LogP contribution >= 0.6 is 11.8 Å². The summed E-state index contributed by atoms with van der Waals surface area (Å²) in [7, 11) is 0. The van der Waals surface area contributed by atoms with Crippen LogP contribution in [0.3, 0.4) is 0 Å². The molecule has 0 spiro atoms. The van der Waals surface area contributed by atoms with Gasteiger partial charge in [-0.05, 0) is 49.0 Å². The van der Waals surface area contributed by atoms with Crippen LogP contribution in [0, 0.1) is 18.3 Å². The average Bonchev–Trinajstić information content (AvgIpc) is 3.28. The van der Waals surface area contributed by atoms with Gasteiger partial charge in [0.25, 0.3) is 0 Å². The van der Waals surface area contributed by atoms with Crippen LogP contribution in [0.2, 0.25) is 0 Å². The van der Waals surface area contributed by atoms with Gasteiger partial charge in [0, 0.05) is 5.69 Å². The lowest BCUT2D eigenvalue weighted by molar-refractivity contribution is 0.535. The molecule has 0 N–H and O–H groups in total. The van der Waals surface area contributed by atoms with E-state index in [4.69, 9.17) is 9.68 Å². The molecule has 0 fully saturated rings. The molecule has 6 nitrogen and oxygen atoms in total. The van der Waals surface area contributed by atoms with Crippen LogP contribution in [0.1, 0.15) is 11.5 Å². The summed E-state index contributed by atoms with van der Waals surface area (Å²) in [6.07, 6.45) is 1.64. The molecular weight excluding hydrogens is 346 g/mol. The molecule has 7 heteroatoms. The smallest absolute Gasteiger partial charge is 0.202 e. The highest BCUT2D eigenvalue weighted by Gasteiger charge is 2.19. The third kappa shape index (κ3) is 2.98. The van der Waals surface area contributed by atoms with E-state index in [1.807, 2.05) is 54.0 Å². The lowest BCUT2D eigenvalue weighted by Gasteiger charge is -2.09. The van der Waals surface area contributed by atoms with Crippen molar-refractivity contribution in [3.8, 4) is 23.1 Å². The van der Waals surface area contributed by atoms with Crippen LogP contribution in [-0.4, -0.2) is 19.7 Å². The Hall–Kier alpha value is -3.37. The fraction of sp³-hybridized carbons (Fsp3) is 0.0526. The standard InChI is InChI=1S/C19H13N5OS/c1-13-16(10-11-25-13)18-22-23-19(24(18)15-7-3-2-4-8-15)26-17-9-5-6-14(12-20)21-17/h2-11H,1H3. The van der Waals surface area contributed by atoms with Crippen molar-refractivity contribution in [3.05, 3.63) is 72.3 Å². The van der Waals surface area contributed by atoms with Gasteiger partial charge in [-0.15, -0.1) is 10.2 Å². The highest BCUT2D eigenvalue weighted by molar-refractivity contribution is 7.99. The second-order valence-electron chi connectivity index (χ2n) is 5.44. The molecule has 126 valence electrons. The Morgan fingerprint density at radius 3 is 2.62 bits per heavy atom. The molecule has 4 aromatic rings. The number of benzene rings is 1. The van der Waals surface area contributed by atoms with Gasteiger partial charge in [-0.2, -0.15) is 5.26 Å². The van der Waals surface area contributed by atoms with E-state index in [9.17, 15) is 0 Å². The number of aryl methyl sites for hydroxylation is 1. The first-order valence-corrected chi connectivity index (χ1v) is 8.68. The van der Waals surface area contributed by atoms with Crippen LogP contribution < -0.4 is 0 Å². The van der Waals surface area contributed by atoms with Gasteiger partial charge in [0.1, 0.15) is 22.5 Å². The molecule has 0 aliphatic carbocycles. The van der Waals surface area contributed by atoms with Gasteiger partial charge in [0.15, 0.2) is 5.82 Å². The maximum absolute atomic E-state index is 9.06. The van der Waals surface area contributed by atoms with Crippen molar-refractivity contribution >= 4 is 11.8 Å². The fourth-order valence-electron chi connectivity index (χ4n) is 2.56. The van der Waals surface area contributed by atoms with Crippen molar-refractivity contribution in [3.63, 3.8) is 0 Å². The van der Waals surface area contributed by atoms with Gasteiger partial charge in [0.2, 0.25) is 5.16 Å². The van der Waals surface area contributed by atoms with E-state index in [0.717, 1.165) is 17.0 Å². The quantitative estimate of drug-likeness (QED) is 0.542. The molecule has 3 aromatic heterocycles. The fourth-order valence-corrected chi connectivity index (χ4v) is 3.41. The van der Waals surface area contributed by atoms with E-state index in [0.29, 0.717) is 21.7 Å². The Morgan fingerprint density at radius 1 is 1.04 bits per heavy atom. The Morgan fingerprint density at radius 2 is 1.88 bits per heavy atom. The van der Waals surface area contributed by atoms with E-state index < -0.39 is 0 Å². The van der Waals surface area contributed by atoms with Crippen molar-refractivity contribution < 1.29 is 4.42 Å². The number of pyridine rings is 1. The maximum atomic E-state index is 9.06. The molecule has 0 aliphatic rings. The Balaban J connectivity index is 1.84. The summed E-state index contributed by atoms with van der Waals surface area (Å²) < 4.78 is 7.39. The number of aromatic nitrogens is 4. The zero-order chi connectivity index (χ0) is 17.9. The topological polar surface area (TPSA) is 80.5 Å². The largest absolute Gasteiger partial charge is 0.469 e. The summed E-state index contributed by atoms with van der Waals surface area (Å²) in [5.74, 6) is 1.47. The van der Waals surface area contributed by atoms with Crippen molar-refractivity contribution in [1.82, 2.24) is 19.7 Å². The molecule has 0 unspecified atom stereocenters. The second kappa shape index (κ2) is 6.86. The van der Waals surface area contributed by atoms with E-state index in [2.05, 4.69) is 21.3 Å². The third-order valence-electron chi connectivity index (χ3n) is 3.78. The Bertz CT molecular complexity index is 1090. The molecule has 0 saturated carbocycles. The van der Waals surface area contributed by atoms with Crippen molar-refractivity contribution in [2.45, 2.75) is 17.1 Å². The van der Waals surface area contributed by atoms with Gasteiger partial charge in [-0.3, -0.25) is 4.57 Å². The average molecular weight is 359 g/mol. The van der Waals surface area contributed by atoms with Gasteiger partial charge in [-0.25, -0.2) is 4.98 Å². The van der Waals surface area contributed by atoms with E-state index in [-0.39, 0.29) is 0 Å². The lowest BCUT2D eigenvalue weighted by atomic mass is 10.2. The third-order valence-corrected chi connectivity index (χ3v) is 4.66. The molecular formula is C19H13N5OS. The molecule has 4 rings (SSSR count). The number of nitriles is 1. The van der Waals surface area contributed by atoms with E-state index in [1.54, 1.807) is 18.4 Å². The predicted molar refractivity (Wildman–Crippen MR) is 96.9 cm³/mol. The molecule has 1 aromatic carbocycles. The van der Waals surface area contributed by atoms with Crippen LogP contribution in [-0.2, 0) is 0 Å². The predicted octanol–water partition coefficient (Wildman–Crippen LogP) is 4.25. The van der Waals surface area contributed by atoms with E-state index >= 15 is 0 Å². The first-order chi connectivity index (χ1) is 12.8. The van der Waals surface area contributed by atoms with Gasteiger partial charge in [-0.1, -0.05) is 24.3 Å².